The number of hydrogen-bond acceptors (Lipinski definition) is 1. The molecule has 0 bridgehead atoms. The first kappa shape index (κ1) is 10.0. The van der Waals surface area contributed by atoms with E-state index in [9.17, 15) is 4.79 Å². The van der Waals surface area contributed by atoms with Gasteiger partial charge in [-0.15, -0.1) is 0 Å². The minimum absolute atomic E-state index is 0.132. The summed E-state index contributed by atoms with van der Waals surface area (Å²) in [6, 6.07) is 5.52. The molecule has 72 valence electrons. The van der Waals surface area contributed by atoms with Gasteiger partial charge in [0.15, 0.2) is 0 Å². The molecule has 2 heteroatoms. The zero-order valence-corrected chi connectivity index (χ0v) is 8.42. The summed E-state index contributed by atoms with van der Waals surface area (Å²) in [5.74, 6) is 0. The van der Waals surface area contributed by atoms with Gasteiger partial charge in [-0.25, -0.2) is 0 Å². The molecule has 0 fully saturated rings. The largest absolute Gasteiger partial charge is 0.313 e. The van der Waals surface area contributed by atoms with E-state index in [1.54, 1.807) is 6.07 Å². The van der Waals surface area contributed by atoms with E-state index in [0.29, 0.717) is 0 Å². The van der Waals surface area contributed by atoms with Crippen LogP contribution in [0.5, 0.6) is 0 Å². The smallest absolute Gasteiger partial charge is 0.250 e. The van der Waals surface area contributed by atoms with Crippen molar-refractivity contribution in [2.45, 2.75) is 39.7 Å². The van der Waals surface area contributed by atoms with Gasteiger partial charge in [0.25, 0.3) is 5.56 Å². The van der Waals surface area contributed by atoms with Crippen molar-refractivity contribution in [3.05, 3.63) is 34.2 Å². The van der Waals surface area contributed by atoms with Crippen LogP contribution in [-0.2, 0) is 13.0 Å². The Hall–Kier alpha value is -1.05. The third-order valence-corrected chi connectivity index (χ3v) is 2.09. The second-order valence-electron chi connectivity index (χ2n) is 3.26. The van der Waals surface area contributed by atoms with Crippen LogP contribution in [0.2, 0.25) is 0 Å². The monoisotopic (exact) mass is 179 g/mol. The quantitative estimate of drug-likeness (QED) is 0.694. The van der Waals surface area contributed by atoms with Crippen LogP contribution in [0, 0.1) is 0 Å². The first-order valence-corrected chi connectivity index (χ1v) is 4.98. The van der Waals surface area contributed by atoms with E-state index in [1.165, 1.54) is 0 Å². The van der Waals surface area contributed by atoms with Crippen LogP contribution in [0.1, 0.15) is 32.4 Å². The minimum Gasteiger partial charge on any atom is -0.313 e. The molecule has 2 nitrogen and oxygen atoms in total. The molecule has 0 aliphatic carbocycles. The van der Waals surface area contributed by atoms with Gasteiger partial charge in [-0.05, 0) is 18.9 Å². The van der Waals surface area contributed by atoms with E-state index >= 15 is 0 Å². The van der Waals surface area contributed by atoms with Crippen LogP contribution >= 0.6 is 0 Å². The fraction of sp³-hybridized carbons (Fsp3) is 0.545. The lowest BCUT2D eigenvalue weighted by Gasteiger charge is -2.09. The molecular formula is C11H17NO. The lowest BCUT2D eigenvalue weighted by atomic mass is 10.2. The van der Waals surface area contributed by atoms with Crippen molar-refractivity contribution in [2.24, 2.45) is 0 Å². The van der Waals surface area contributed by atoms with Crippen LogP contribution in [0.25, 0.3) is 0 Å². The summed E-state index contributed by atoms with van der Waals surface area (Å²) in [6.07, 6.45) is 3.10. The number of hydrogen-bond donors (Lipinski definition) is 0. The molecule has 0 N–H and O–H groups in total. The van der Waals surface area contributed by atoms with Crippen LogP contribution in [-0.4, -0.2) is 4.57 Å². The molecule has 13 heavy (non-hydrogen) atoms. The van der Waals surface area contributed by atoms with Crippen LogP contribution in [0.3, 0.4) is 0 Å². The molecule has 0 atom stereocenters. The molecular weight excluding hydrogens is 162 g/mol. The Kier molecular flexibility index (Phi) is 3.74. The molecule has 1 rings (SSSR count). The zero-order chi connectivity index (χ0) is 9.68. The van der Waals surface area contributed by atoms with Crippen LogP contribution in [0.4, 0.5) is 0 Å². The van der Waals surface area contributed by atoms with Gasteiger partial charge < -0.3 is 4.57 Å². The minimum atomic E-state index is 0.132. The average molecular weight is 179 g/mol. The molecule has 0 amide bonds. The standard InChI is InChI=1S/C11H17NO/c1-3-6-10-7-5-8-11(13)12(10)9-4-2/h5,7-8H,3-4,6,9H2,1-2H3. The lowest BCUT2D eigenvalue weighted by molar-refractivity contribution is 0.613. The summed E-state index contributed by atoms with van der Waals surface area (Å²) in [4.78, 5) is 11.5. The normalized spacial score (nSPS) is 10.3. The van der Waals surface area contributed by atoms with Gasteiger partial charge in [-0.3, -0.25) is 4.79 Å². The predicted octanol–water partition coefficient (Wildman–Crippen LogP) is 2.21. The molecule has 0 aliphatic rings. The second-order valence-corrected chi connectivity index (χ2v) is 3.26. The van der Waals surface area contributed by atoms with Crippen molar-refractivity contribution >= 4 is 0 Å². The summed E-state index contributed by atoms with van der Waals surface area (Å²) in [6.45, 7) is 5.07. The van der Waals surface area contributed by atoms with Crippen molar-refractivity contribution in [1.29, 1.82) is 0 Å². The summed E-state index contributed by atoms with van der Waals surface area (Å²) < 4.78 is 1.88. The maximum atomic E-state index is 11.5. The van der Waals surface area contributed by atoms with Gasteiger partial charge in [0, 0.05) is 18.3 Å². The zero-order valence-electron chi connectivity index (χ0n) is 8.42. The van der Waals surface area contributed by atoms with Gasteiger partial charge in [0.2, 0.25) is 0 Å². The van der Waals surface area contributed by atoms with Gasteiger partial charge in [0.05, 0.1) is 0 Å². The summed E-state index contributed by atoms with van der Waals surface area (Å²) in [5.41, 5.74) is 1.30. The molecule has 0 saturated carbocycles. The molecule has 1 aromatic rings. The van der Waals surface area contributed by atoms with Crippen LogP contribution < -0.4 is 5.56 Å². The third-order valence-electron chi connectivity index (χ3n) is 2.09. The van der Waals surface area contributed by atoms with Crippen molar-refractivity contribution in [2.75, 3.05) is 0 Å². The van der Waals surface area contributed by atoms with E-state index in [0.717, 1.165) is 31.5 Å². The number of aromatic nitrogens is 1. The van der Waals surface area contributed by atoms with Crippen molar-refractivity contribution in [3.8, 4) is 0 Å². The first-order valence-electron chi connectivity index (χ1n) is 4.98. The van der Waals surface area contributed by atoms with E-state index in [4.69, 9.17) is 0 Å². The number of aryl methyl sites for hydroxylation is 1. The number of pyridine rings is 1. The highest BCUT2D eigenvalue weighted by molar-refractivity contribution is 5.06. The van der Waals surface area contributed by atoms with Crippen molar-refractivity contribution in [1.82, 2.24) is 4.57 Å². The Morgan fingerprint density at radius 1 is 1.23 bits per heavy atom. The van der Waals surface area contributed by atoms with Gasteiger partial charge in [-0.1, -0.05) is 26.3 Å². The predicted molar refractivity (Wildman–Crippen MR) is 55.0 cm³/mol. The molecule has 0 spiro atoms. The molecule has 0 aliphatic heterocycles. The summed E-state index contributed by atoms with van der Waals surface area (Å²) >= 11 is 0. The van der Waals surface area contributed by atoms with E-state index in [2.05, 4.69) is 13.8 Å². The van der Waals surface area contributed by atoms with E-state index in [-0.39, 0.29) is 5.56 Å². The fourth-order valence-electron chi connectivity index (χ4n) is 1.51. The van der Waals surface area contributed by atoms with Crippen LogP contribution in [0.15, 0.2) is 23.0 Å². The van der Waals surface area contributed by atoms with Crippen molar-refractivity contribution < 1.29 is 0 Å². The highest BCUT2D eigenvalue weighted by Crippen LogP contribution is 2.01. The summed E-state index contributed by atoms with van der Waals surface area (Å²) in [5, 5.41) is 0. The molecule has 0 saturated heterocycles. The van der Waals surface area contributed by atoms with Crippen molar-refractivity contribution in [3.63, 3.8) is 0 Å². The first-order chi connectivity index (χ1) is 6.29. The fourth-order valence-corrected chi connectivity index (χ4v) is 1.51. The second kappa shape index (κ2) is 4.85. The highest BCUT2D eigenvalue weighted by atomic mass is 16.1. The average Bonchev–Trinajstić information content (AvgIpc) is 2.11. The van der Waals surface area contributed by atoms with Gasteiger partial charge in [-0.2, -0.15) is 0 Å². The highest BCUT2D eigenvalue weighted by Gasteiger charge is 2.00. The Morgan fingerprint density at radius 2 is 2.00 bits per heavy atom. The van der Waals surface area contributed by atoms with E-state index < -0.39 is 0 Å². The molecule has 1 heterocycles. The third kappa shape index (κ3) is 2.44. The lowest BCUT2D eigenvalue weighted by Crippen LogP contribution is -2.22. The maximum absolute atomic E-state index is 11.5. The number of rotatable bonds is 4. The molecule has 0 unspecified atom stereocenters. The molecule has 0 radical (unpaired) electrons. The Labute approximate surface area is 79.2 Å². The topological polar surface area (TPSA) is 22.0 Å². The molecule has 1 aromatic heterocycles. The van der Waals surface area contributed by atoms with E-state index in [1.807, 2.05) is 16.7 Å². The summed E-state index contributed by atoms with van der Waals surface area (Å²) in [7, 11) is 0. The molecule has 0 aromatic carbocycles. The SMILES string of the molecule is CCCc1cccc(=O)n1CCC. The van der Waals surface area contributed by atoms with Gasteiger partial charge in [0.1, 0.15) is 0 Å². The Bertz CT molecular complexity index is 314. The Balaban J connectivity index is 3.02. The maximum Gasteiger partial charge on any atom is 0.250 e. The Morgan fingerprint density at radius 3 is 2.62 bits per heavy atom. The number of nitrogens with zero attached hydrogens (tertiary/aromatic N) is 1. The van der Waals surface area contributed by atoms with Gasteiger partial charge >= 0.3 is 0 Å².